The fourth-order valence-electron chi connectivity index (χ4n) is 3.11. The third-order valence-electron chi connectivity index (χ3n) is 4.68. The van der Waals surface area contributed by atoms with Gasteiger partial charge in [-0.05, 0) is 49.1 Å². The molecule has 2 aromatic carbocycles. The van der Waals surface area contributed by atoms with Crippen LogP contribution in [0.15, 0.2) is 53.4 Å². The Balaban J connectivity index is 2.18. The number of thioether (sulfide) groups is 1. The number of nitrogens with zero attached hydrogens (tertiary/aromatic N) is 1. The molecule has 0 saturated carbocycles. The summed E-state index contributed by atoms with van der Waals surface area (Å²) in [6, 6.07) is 15.0. The number of hydrogen-bond donors (Lipinski definition) is 1. The average Bonchev–Trinajstić information content (AvgIpc) is 2.71. The Bertz CT molecular complexity index is 839. The van der Waals surface area contributed by atoms with E-state index < -0.39 is 6.04 Å². The normalized spacial score (nSPS) is 11.9. The van der Waals surface area contributed by atoms with Crippen LogP contribution >= 0.6 is 23.4 Å². The highest BCUT2D eigenvalue weighted by Gasteiger charge is 2.28. The summed E-state index contributed by atoms with van der Waals surface area (Å²) < 4.78 is 0. The number of halogens is 1. The van der Waals surface area contributed by atoms with Crippen molar-refractivity contribution in [3.8, 4) is 0 Å². The van der Waals surface area contributed by atoms with Crippen LogP contribution in [0.5, 0.6) is 0 Å². The quantitative estimate of drug-likeness (QED) is 0.502. The lowest BCUT2D eigenvalue weighted by Gasteiger charge is -2.31. The Morgan fingerprint density at radius 1 is 1.13 bits per heavy atom. The Hall–Kier alpha value is -1.98. The number of aryl methyl sites for hydroxylation is 1. The first kappa shape index (κ1) is 24.3. The van der Waals surface area contributed by atoms with Gasteiger partial charge < -0.3 is 10.2 Å². The lowest BCUT2D eigenvalue weighted by Crippen LogP contribution is -2.50. The minimum absolute atomic E-state index is 0.0528. The fraction of sp³-hybridized carbons (Fsp3) is 0.417. The number of nitrogens with one attached hydrogen (secondary N) is 1. The lowest BCUT2D eigenvalue weighted by atomic mass is 10.1. The minimum Gasteiger partial charge on any atom is -0.354 e. The molecule has 0 radical (unpaired) electrons. The second kappa shape index (κ2) is 12.0. The van der Waals surface area contributed by atoms with Crippen molar-refractivity contribution in [3.05, 3.63) is 64.7 Å². The zero-order chi connectivity index (χ0) is 22.1. The number of carbonyl (C=O) groups excluding carboxylic acids is 2. The van der Waals surface area contributed by atoms with Crippen molar-refractivity contribution in [2.75, 3.05) is 12.3 Å². The van der Waals surface area contributed by atoms with Crippen LogP contribution in [-0.2, 0) is 16.1 Å². The van der Waals surface area contributed by atoms with Gasteiger partial charge in [0, 0.05) is 23.0 Å². The summed E-state index contributed by atoms with van der Waals surface area (Å²) in [5.74, 6) is 0.473. The first-order chi connectivity index (χ1) is 14.3. The van der Waals surface area contributed by atoms with E-state index in [1.54, 1.807) is 4.90 Å². The van der Waals surface area contributed by atoms with Gasteiger partial charge in [0.05, 0.1) is 5.75 Å². The van der Waals surface area contributed by atoms with Gasteiger partial charge in [0.1, 0.15) is 6.04 Å². The highest BCUT2D eigenvalue weighted by Crippen LogP contribution is 2.22. The van der Waals surface area contributed by atoms with Gasteiger partial charge in [-0.15, -0.1) is 11.8 Å². The van der Waals surface area contributed by atoms with Crippen molar-refractivity contribution in [1.82, 2.24) is 10.2 Å². The van der Waals surface area contributed by atoms with E-state index in [1.165, 1.54) is 11.8 Å². The molecule has 2 aromatic rings. The Morgan fingerprint density at radius 2 is 1.83 bits per heavy atom. The molecule has 0 spiro atoms. The van der Waals surface area contributed by atoms with Crippen LogP contribution in [0, 0.1) is 12.8 Å². The summed E-state index contributed by atoms with van der Waals surface area (Å²) in [6.07, 6.45) is 0.563. The molecule has 0 heterocycles. The molecule has 0 aliphatic rings. The van der Waals surface area contributed by atoms with E-state index in [9.17, 15) is 9.59 Å². The van der Waals surface area contributed by atoms with Gasteiger partial charge in [-0.3, -0.25) is 9.59 Å². The molecule has 30 heavy (non-hydrogen) atoms. The molecule has 0 aliphatic heterocycles. The topological polar surface area (TPSA) is 49.4 Å². The van der Waals surface area contributed by atoms with Crippen molar-refractivity contribution in [3.63, 3.8) is 0 Å². The molecule has 162 valence electrons. The molecule has 2 amide bonds. The second-order valence-corrected chi connectivity index (χ2v) is 9.30. The fourth-order valence-corrected chi connectivity index (χ4v) is 4.02. The van der Waals surface area contributed by atoms with Crippen LogP contribution in [0.4, 0.5) is 0 Å². The summed E-state index contributed by atoms with van der Waals surface area (Å²) in [6.45, 7) is 9.09. The maximum atomic E-state index is 13.2. The number of hydrogen-bond acceptors (Lipinski definition) is 3. The summed E-state index contributed by atoms with van der Waals surface area (Å²) in [4.78, 5) is 28.8. The van der Waals surface area contributed by atoms with Crippen molar-refractivity contribution < 1.29 is 9.59 Å². The van der Waals surface area contributed by atoms with Gasteiger partial charge in [-0.2, -0.15) is 0 Å². The number of benzene rings is 2. The molecule has 0 fully saturated rings. The predicted octanol–water partition coefficient (Wildman–Crippen LogP) is 5.32. The van der Waals surface area contributed by atoms with Crippen molar-refractivity contribution >= 4 is 35.2 Å². The molecule has 0 unspecified atom stereocenters. The molecule has 2 rings (SSSR count). The highest BCUT2D eigenvalue weighted by molar-refractivity contribution is 8.00. The van der Waals surface area contributed by atoms with Gasteiger partial charge >= 0.3 is 0 Å². The SMILES string of the molecule is CC[C@@H](C(=O)NCC(C)C)N(Cc1cccc(C)c1)C(=O)CSc1ccc(Cl)cc1. The molecule has 6 heteroatoms. The Kier molecular flexibility index (Phi) is 9.73. The average molecular weight is 447 g/mol. The maximum Gasteiger partial charge on any atom is 0.242 e. The van der Waals surface area contributed by atoms with Gasteiger partial charge in [-0.25, -0.2) is 0 Å². The Labute approximate surface area is 189 Å². The maximum absolute atomic E-state index is 13.2. The zero-order valence-electron chi connectivity index (χ0n) is 18.2. The smallest absolute Gasteiger partial charge is 0.242 e. The molecule has 1 atom stereocenters. The van der Waals surface area contributed by atoms with E-state index in [0.717, 1.165) is 16.0 Å². The standard InChI is InChI=1S/C24H31ClN2O2S/c1-5-22(24(29)26-14-17(2)3)27(15-19-8-6-7-18(4)13-19)23(28)16-30-21-11-9-20(25)10-12-21/h6-13,17,22H,5,14-16H2,1-4H3,(H,26,29)/t22-/m0/s1. The van der Waals surface area contributed by atoms with Gasteiger partial charge in [0.25, 0.3) is 0 Å². The third-order valence-corrected chi connectivity index (χ3v) is 5.93. The van der Waals surface area contributed by atoms with E-state index in [2.05, 4.69) is 25.2 Å². The van der Waals surface area contributed by atoms with Crippen LogP contribution < -0.4 is 5.32 Å². The molecule has 0 bridgehead atoms. The van der Waals surface area contributed by atoms with E-state index in [4.69, 9.17) is 11.6 Å². The van der Waals surface area contributed by atoms with Gasteiger partial charge in [-0.1, -0.05) is 62.2 Å². The summed E-state index contributed by atoms with van der Waals surface area (Å²) in [7, 11) is 0. The van der Waals surface area contributed by atoms with Crippen LogP contribution in [0.25, 0.3) is 0 Å². The zero-order valence-corrected chi connectivity index (χ0v) is 19.7. The monoisotopic (exact) mass is 446 g/mol. The predicted molar refractivity (Wildman–Crippen MR) is 126 cm³/mol. The van der Waals surface area contributed by atoms with Gasteiger partial charge in [0.15, 0.2) is 0 Å². The molecule has 0 saturated heterocycles. The van der Waals surface area contributed by atoms with Crippen LogP contribution in [-0.4, -0.2) is 35.1 Å². The third kappa shape index (κ3) is 7.69. The number of carbonyl (C=O) groups is 2. The molecule has 4 nitrogen and oxygen atoms in total. The number of rotatable bonds is 10. The molecular formula is C24H31ClN2O2S. The molecular weight excluding hydrogens is 416 g/mol. The molecule has 1 N–H and O–H groups in total. The van der Waals surface area contributed by atoms with E-state index in [0.29, 0.717) is 30.5 Å². The second-order valence-electron chi connectivity index (χ2n) is 7.82. The first-order valence-electron chi connectivity index (χ1n) is 10.3. The lowest BCUT2D eigenvalue weighted by molar-refractivity contribution is -0.139. The number of amides is 2. The summed E-state index contributed by atoms with van der Waals surface area (Å²) in [5, 5.41) is 3.66. The van der Waals surface area contributed by atoms with Crippen molar-refractivity contribution in [2.24, 2.45) is 5.92 Å². The van der Waals surface area contributed by atoms with E-state index in [-0.39, 0.29) is 17.6 Å². The summed E-state index contributed by atoms with van der Waals surface area (Å²) in [5.41, 5.74) is 2.16. The largest absolute Gasteiger partial charge is 0.354 e. The van der Waals surface area contributed by atoms with Crippen molar-refractivity contribution in [1.29, 1.82) is 0 Å². The van der Waals surface area contributed by atoms with Crippen molar-refractivity contribution in [2.45, 2.75) is 51.6 Å². The van der Waals surface area contributed by atoms with E-state index >= 15 is 0 Å². The first-order valence-corrected chi connectivity index (χ1v) is 11.7. The highest BCUT2D eigenvalue weighted by atomic mass is 35.5. The Morgan fingerprint density at radius 3 is 2.43 bits per heavy atom. The van der Waals surface area contributed by atoms with Gasteiger partial charge in [0.2, 0.25) is 11.8 Å². The summed E-state index contributed by atoms with van der Waals surface area (Å²) >= 11 is 7.40. The van der Waals surface area contributed by atoms with Crippen LogP contribution in [0.2, 0.25) is 5.02 Å². The van der Waals surface area contributed by atoms with Crippen LogP contribution in [0.1, 0.15) is 38.3 Å². The molecule has 0 aromatic heterocycles. The minimum atomic E-state index is -0.498. The van der Waals surface area contributed by atoms with E-state index in [1.807, 2.05) is 56.3 Å². The molecule has 0 aliphatic carbocycles. The van der Waals surface area contributed by atoms with Crippen LogP contribution in [0.3, 0.4) is 0 Å².